The summed E-state index contributed by atoms with van der Waals surface area (Å²) in [7, 11) is 3.29. The van der Waals surface area contributed by atoms with Crippen molar-refractivity contribution in [2.24, 2.45) is 0 Å². The third-order valence-corrected chi connectivity index (χ3v) is 3.36. The van der Waals surface area contributed by atoms with Crippen molar-refractivity contribution in [2.75, 3.05) is 14.1 Å². The molecule has 0 aliphatic carbocycles. The Bertz CT molecular complexity index is 880. The maximum atomic E-state index is 12.4. The Labute approximate surface area is 126 Å². The molecule has 0 bridgehead atoms. The summed E-state index contributed by atoms with van der Waals surface area (Å²) >= 11 is 0. The van der Waals surface area contributed by atoms with Crippen LogP contribution in [0.2, 0.25) is 0 Å². The number of amides is 1. The average Bonchev–Trinajstić information content (AvgIpc) is 2.95. The molecule has 0 unspecified atom stereocenters. The van der Waals surface area contributed by atoms with Crippen molar-refractivity contribution < 1.29 is 4.79 Å². The maximum absolute atomic E-state index is 12.4. The molecule has 0 fully saturated rings. The molecule has 112 valence electrons. The Morgan fingerprint density at radius 2 is 1.95 bits per heavy atom. The summed E-state index contributed by atoms with van der Waals surface area (Å²) in [6.45, 7) is -0.0364. The Balaban J connectivity index is 2.07. The van der Waals surface area contributed by atoms with Crippen LogP contribution >= 0.6 is 0 Å². The highest BCUT2D eigenvalue weighted by molar-refractivity contribution is 5.77. The molecule has 1 amide bonds. The van der Waals surface area contributed by atoms with Crippen molar-refractivity contribution in [3.05, 3.63) is 53.2 Å². The summed E-state index contributed by atoms with van der Waals surface area (Å²) in [5, 5.41) is 4.61. The lowest BCUT2D eigenvalue weighted by molar-refractivity contribution is -0.129. The molecule has 3 aromatic rings. The van der Waals surface area contributed by atoms with E-state index >= 15 is 0 Å². The molecule has 0 radical (unpaired) electrons. The fourth-order valence-corrected chi connectivity index (χ4v) is 2.11. The van der Waals surface area contributed by atoms with Crippen LogP contribution in [-0.4, -0.2) is 44.2 Å². The van der Waals surface area contributed by atoms with E-state index in [2.05, 4.69) is 10.1 Å². The predicted octanol–water partition coefficient (Wildman–Crippen LogP) is 0.670. The van der Waals surface area contributed by atoms with Gasteiger partial charge < -0.3 is 4.90 Å². The molecule has 2 heterocycles. The van der Waals surface area contributed by atoms with E-state index in [1.807, 2.05) is 30.3 Å². The van der Waals surface area contributed by atoms with Gasteiger partial charge in [-0.1, -0.05) is 18.2 Å². The van der Waals surface area contributed by atoms with Gasteiger partial charge in [-0.05, 0) is 12.1 Å². The highest BCUT2D eigenvalue weighted by Gasteiger charge is 2.13. The van der Waals surface area contributed by atoms with Crippen LogP contribution in [0.1, 0.15) is 0 Å². The lowest BCUT2D eigenvalue weighted by Crippen LogP contribution is -2.31. The van der Waals surface area contributed by atoms with Gasteiger partial charge in [-0.3, -0.25) is 14.2 Å². The summed E-state index contributed by atoms with van der Waals surface area (Å²) in [6, 6.07) is 9.45. The van der Waals surface area contributed by atoms with Gasteiger partial charge in [-0.25, -0.2) is 9.67 Å². The van der Waals surface area contributed by atoms with Crippen molar-refractivity contribution in [1.29, 1.82) is 0 Å². The Morgan fingerprint density at radius 3 is 2.64 bits per heavy atom. The fourth-order valence-electron chi connectivity index (χ4n) is 2.11. The molecule has 22 heavy (non-hydrogen) atoms. The highest BCUT2D eigenvalue weighted by Crippen LogP contribution is 2.12. The molecule has 0 atom stereocenters. The molecule has 0 aliphatic rings. The Hall–Kier alpha value is -2.96. The van der Waals surface area contributed by atoms with Crippen LogP contribution in [-0.2, 0) is 11.3 Å². The number of hydrogen-bond donors (Lipinski definition) is 0. The normalized spacial score (nSPS) is 10.8. The third-order valence-electron chi connectivity index (χ3n) is 3.36. The van der Waals surface area contributed by atoms with E-state index in [1.54, 1.807) is 18.8 Å². The van der Waals surface area contributed by atoms with Gasteiger partial charge in [0.15, 0.2) is 5.65 Å². The van der Waals surface area contributed by atoms with Crippen molar-refractivity contribution in [1.82, 2.24) is 24.2 Å². The van der Waals surface area contributed by atoms with Gasteiger partial charge in [0.2, 0.25) is 5.91 Å². The van der Waals surface area contributed by atoms with Crippen LogP contribution in [0.3, 0.4) is 0 Å². The molecule has 0 aliphatic heterocycles. The summed E-state index contributed by atoms with van der Waals surface area (Å²) in [6.07, 6.45) is 2.86. The monoisotopic (exact) mass is 297 g/mol. The van der Waals surface area contributed by atoms with Crippen LogP contribution < -0.4 is 5.56 Å². The first kappa shape index (κ1) is 14.0. The van der Waals surface area contributed by atoms with Crippen LogP contribution in [0.5, 0.6) is 0 Å². The molecule has 0 spiro atoms. The summed E-state index contributed by atoms with van der Waals surface area (Å²) < 4.78 is 2.90. The number of fused-ring (bicyclic) bond motifs is 1. The predicted molar refractivity (Wildman–Crippen MR) is 81.8 cm³/mol. The van der Waals surface area contributed by atoms with Gasteiger partial charge >= 0.3 is 0 Å². The van der Waals surface area contributed by atoms with Gasteiger partial charge in [0.1, 0.15) is 18.3 Å². The maximum Gasteiger partial charge on any atom is 0.264 e. The van der Waals surface area contributed by atoms with Crippen molar-refractivity contribution in [3.8, 4) is 5.69 Å². The number of para-hydroxylation sites is 1. The van der Waals surface area contributed by atoms with Crippen molar-refractivity contribution >= 4 is 16.9 Å². The lowest BCUT2D eigenvalue weighted by Gasteiger charge is -2.11. The van der Waals surface area contributed by atoms with Crippen molar-refractivity contribution in [2.45, 2.75) is 6.54 Å². The standard InChI is InChI=1S/C15H15N5O2/c1-18(2)13(21)9-19-10-16-14-12(15(19)22)8-17-20(14)11-6-4-3-5-7-11/h3-8,10H,9H2,1-2H3. The van der Waals surface area contributed by atoms with Crippen LogP contribution in [0, 0.1) is 0 Å². The number of hydrogen-bond acceptors (Lipinski definition) is 4. The molecule has 3 rings (SSSR count). The molecule has 7 heteroatoms. The fraction of sp³-hybridized carbons (Fsp3) is 0.200. The van der Waals surface area contributed by atoms with Gasteiger partial charge in [0.25, 0.3) is 5.56 Å². The summed E-state index contributed by atoms with van der Waals surface area (Å²) in [4.78, 5) is 29.9. The molecule has 0 saturated carbocycles. The number of nitrogens with zero attached hydrogens (tertiary/aromatic N) is 5. The second-order valence-electron chi connectivity index (χ2n) is 5.09. The van der Waals surface area contributed by atoms with E-state index in [0.29, 0.717) is 11.0 Å². The molecule has 0 saturated heterocycles. The van der Waals surface area contributed by atoms with Crippen molar-refractivity contribution in [3.63, 3.8) is 0 Å². The average molecular weight is 297 g/mol. The largest absolute Gasteiger partial charge is 0.347 e. The minimum absolute atomic E-state index is 0.0364. The quantitative estimate of drug-likeness (QED) is 0.712. The Morgan fingerprint density at radius 1 is 1.23 bits per heavy atom. The topological polar surface area (TPSA) is 73.0 Å². The molecule has 2 aromatic heterocycles. The number of rotatable bonds is 3. The van der Waals surface area contributed by atoms with E-state index in [4.69, 9.17) is 0 Å². The minimum atomic E-state index is -0.276. The Kier molecular flexibility index (Phi) is 3.46. The first-order chi connectivity index (χ1) is 10.6. The zero-order valence-electron chi connectivity index (χ0n) is 12.3. The third kappa shape index (κ3) is 2.37. The number of carbonyl (C=O) groups is 1. The second-order valence-corrected chi connectivity index (χ2v) is 5.09. The first-order valence-corrected chi connectivity index (χ1v) is 6.76. The van der Waals surface area contributed by atoms with E-state index in [0.717, 1.165) is 5.69 Å². The molecule has 1 aromatic carbocycles. The number of benzene rings is 1. The zero-order valence-corrected chi connectivity index (χ0v) is 12.3. The molecule has 0 N–H and O–H groups in total. The van der Waals surface area contributed by atoms with E-state index in [-0.39, 0.29) is 18.0 Å². The lowest BCUT2D eigenvalue weighted by atomic mass is 10.3. The summed E-state index contributed by atoms with van der Waals surface area (Å²) in [5.74, 6) is -0.168. The zero-order chi connectivity index (χ0) is 15.7. The van der Waals surface area contributed by atoms with Gasteiger partial charge in [-0.15, -0.1) is 0 Å². The van der Waals surface area contributed by atoms with Crippen LogP contribution in [0.4, 0.5) is 0 Å². The molecular weight excluding hydrogens is 282 g/mol. The van der Waals surface area contributed by atoms with Gasteiger partial charge in [0, 0.05) is 14.1 Å². The highest BCUT2D eigenvalue weighted by atomic mass is 16.2. The number of aromatic nitrogens is 4. The van der Waals surface area contributed by atoms with E-state index in [1.165, 1.54) is 22.0 Å². The number of carbonyl (C=O) groups excluding carboxylic acids is 1. The second kappa shape index (κ2) is 5.44. The van der Waals surface area contributed by atoms with Crippen LogP contribution in [0.25, 0.3) is 16.7 Å². The van der Waals surface area contributed by atoms with Gasteiger partial charge in [0.05, 0.1) is 11.9 Å². The van der Waals surface area contributed by atoms with Crippen LogP contribution in [0.15, 0.2) is 47.7 Å². The molecular formula is C15H15N5O2. The summed E-state index contributed by atoms with van der Waals surface area (Å²) in [5.41, 5.74) is 1.03. The number of likely N-dealkylation sites (N-methyl/N-ethyl adjacent to an activating group) is 1. The van der Waals surface area contributed by atoms with Gasteiger partial charge in [-0.2, -0.15) is 5.10 Å². The first-order valence-electron chi connectivity index (χ1n) is 6.76. The van der Waals surface area contributed by atoms with E-state index < -0.39 is 0 Å². The minimum Gasteiger partial charge on any atom is -0.347 e. The molecule has 7 nitrogen and oxygen atoms in total. The smallest absolute Gasteiger partial charge is 0.264 e. The SMILES string of the molecule is CN(C)C(=O)Cn1cnc2c(cnn2-c2ccccc2)c1=O. The van der Waals surface area contributed by atoms with E-state index in [9.17, 15) is 9.59 Å².